The van der Waals surface area contributed by atoms with Crippen molar-refractivity contribution in [3.63, 3.8) is 0 Å². The van der Waals surface area contributed by atoms with Crippen LogP contribution in [-0.2, 0) is 14.3 Å². The second kappa shape index (κ2) is 12.5. The number of amides is 1. The smallest absolute Gasteiger partial charge is 0.243 e. The lowest BCUT2D eigenvalue weighted by atomic mass is 9.58. The number of carbonyl (C=O) groups excluding carboxylic acids is 1. The maximum absolute atomic E-state index is 12.1. The summed E-state index contributed by atoms with van der Waals surface area (Å²) in [4.78, 5) is 20.7. The van der Waals surface area contributed by atoms with Crippen LogP contribution in [0.3, 0.4) is 0 Å². The number of hydrogen-bond acceptors (Lipinski definition) is 5. The Bertz CT molecular complexity index is 545. The first kappa shape index (κ1) is 24.9. The van der Waals surface area contributed by atoms with Crippen LogP contribution in [0.1, 0.15) is 46.5 Å². The molecule has 0 radical (unpaired) electrons. The number of aliphatic imine (C=N–C) groups is 1. The van der Waals surface area contributed by atoms with E-state index in [1.54, 1.807) is 19.0 Å². The summed E-state index contributed by atoms with van der Waals surface area (Å²) >= 11 is 0. The van der Waals surface area contributed by atoms with Gasteiger partial charge in [-0.1, -0.05) is 13.8 Å². The molecule has 1 saturated heterocycles. The number of ether oxygens (including phenoxy) is 2. The van der Waals surface area contributed by atoms with Crippen molar-refractivity contribution in [1.82, 2.24) is 20.4 Å². The molecule has 0 aromatic carbocycles. The Labute approximate surface area is 182 Å². The molecule has 0 bridgehead atoms. The van der Waals surface area contributed by atoms with Gasteiger partial charge in [-0.25, -0.2) is 4.99 Å². The SMILES string of the molecule is CCOC1CC(NC(=NCC(=O)N(C)C)NCCCN2CCOCC2)C1(CC)CC. The summed E-state index contributed by atoms with van der Waals surface area (Å²) in [6, 6.07) is 0.309. The molecule has 2 rings (SSSR count). The highest BCUT2D eigenvalue weighted by Gasteiger charge is 2.53. The number of carbonyl (C=O) groups is 1. The van der Waals surface area contributed by atoms with E-state index in [1.807, 2.05) is 0 Å². The van der Waals surface area contributed by atoms with Crippen molar-refractivity contribution >= 4 is 11.9 Å². The molecule has 1 heterocycles. The van der Waals surface area contributed by atoms with E-state index in [0.717, 1.165) is 77.6 Å². The standard InChI is InChI=1S/C22H43N5O3/c1-6-22(7-2)18(16-19(22)30-8-3)25-21(24-17-20(28)26(4)5)23-10-9-11-27-12-14-29-15-13-27/h18-19H,6-17H2,1-5H3,(H2,23,24,25). The zero-order valence-electron chi connectivity index (χ0n) is 19.7. The summed E-state index contributed by atoms with van der Waals surface area (Å²) in [5.74, 6) is 0.737. The van der Waals surface area contributed by atoms with Crippen molar-refractivity contribution in [1.29, 1.82) is 0 Å². The first-order valence-corrected chi connectivity index (χ1v) is 11.6. The highest BCUT2D eigenvalue weighted by molar-refractivity contribution is 5.85. The van der Waals surface area contributed by atoms with Crippen LogP contribution in [0.2, 0.25) is 0 Å². The Hall–Kier alpha value is -1.38. The first-order valence-electron chi connectivity index (χ1n) is 11.6. The number of morpholine rings is 1. The van der Waals surface area contributed by atoms with Crippen molar-refractivity contribution in [2.45, 2.75) is 58.6 Å². The third kappa shape index (κ3) is 6.56. The van der Waals surface area contributed by atoms with Crippen LogP contribution in [0, 0.1) is 5.41 Å². The van der Waals surface area contributed by atoms with Gasteiger partial charge in [0.15, 0.2) is 5.96 Å². The van der Waals surface area contributed by atoms with Gasteiger partial charge < -0.3 is 25.0 Å². The molecule has 2 aliphatic rings. The van der Waals surface area contributed by atoms with E-state index in [0.29, 0.717) is 12.1 Å². The summed E-state index contributed by atoms with van der Waals surface area (Å²) in [6.07, 6.45) is 4.42. The number of hydrogen-bond donors (Lipinski definition) is 2. The van der Waals surface area contributed by atoms with Gasteiger partial charge in [0.2, 0.25) is 5.91 Å². The Morgan fingerprint density at radius 3 is 2.53 bits per heavy atom. The molecular weight excluding hydrogens is 382 g/mol. The molecule has 2 unspecified atom stereocenters. The number of rotatable bonds is 11. The van der Waals surface area contributed by atoms with E-state index in [1.165, 1.54) is 0 Å². The second-order valence-electron chi connectivity index (χ2n) is 8.50. The van der Waals surface area contributed by atoms with Crippen LogP contribution < -0.4 is 10.6 Å². The lowest BCUT2D eigenvalue weighted by molar-refractivity contribution is -0.133. The summed E-state index contributed by atoms with van der Waals surface area (Å²) in [5.41, 5.74) is 0.123. The lowest BCUT2D eigenvalue weighted by Gasteiger charge is -2.55. The molecule has 8 heteroatoms. The molecule has 0 aromatic rings. The normalized spacial score (nSPS) is 24.2. The summed E-state index contributed by atoms with van der Waals surface area (Å²) in [5, 5.41) is 7.08. The van der Waals surface area contributed by atoms with Crippen LogP contribution in [0.4, 0.5) is 0 Å². The summed E-state index contributed by atoms with van der Waals surface area (Å²) in [7, 11) is 3.52. The van der Waals surface area contributed by atoms with Crippen LogP contribution >= 0.6 is 0 Å². The Balaban J connectivity index is 1.93. The van der Waals surface area contributed by atoms with Crippen molar-refractivity contribution in [3.05, 3.63) is 0 Å². The van der Waals surface area contributed by atoms with E-state index in [9.17, 15) is 4.79 Å². The maximum atomic E-state index is 12.1. The van der Waals surface area contributed by atoms with Gasteiger partial charge in [0, 0.05) is 51.8 Å². The highest BCUT2D eigenvalue weighted by atomic mass is 16.5. The van der Waals surface area contributed by atoms with E-state index in [4.69, 9.17) is 9.47 Å². The van der Waals surface area contributed by atoms with Gasteiger partial charge in [-0.15, -0.1) is 0 Å². The Morgan fingerprint density at radius 2 is 1.93 bits per heavy atom. The number of nitrogens with one attached hydrogen (secondary N) is 2. The van der Waals surface area contributed by atoms with Gasteiger partial charge >= 0.3 is 0 Å². The largest absolute Gasteiger partial charge is 0.379 e. The predicted molar refractivity (Wildman–Crippen MR) is 121 cm³/mol. The van der Waals surface area contributed by atoms with Crippen LogP contribution in [0.15, 0.2) is 4.99 Å². The van der Waals surface area contributed by atoms with E-state index in [2.05, 4.69) is 41.3 Å². The minimum absolute atomic E-state index is 0.00228. The topological polar surface area (TPSA) is 78.4 Å². The lowest BCUT2D eigenvalue weighted by Crippen LogP contribution is -2.65. The molecule has 30 heavy (non-hydrogen) atoms. The first-order chi connectivity index (χ1) is 14.5. The fourth-order valence-corrected chi connectivity index (χ4v) is 4.52. The zero-order valence-corrected chi connectivity index (χ0v) is 19.7. The van der Waals surface area contributed by atoms with Gasteiger partial charge in [0.1, 0.15) is 6.54 Å². The Morgan fingerprint density at radius 1 is 1.23 bits per heavy atom. The van der Waals surface area contributed by atoms with Crippen LogP contribution in [0.5, 0.6) is 0 Å². The molecule has 1 amide bonds. The quantitative estimate of drug-likeness (QED) is 0.295. The highest BCUT2D eigenvalue weighted by Crippen LogP contribution is 2.48. The molecule has 2 N–H and O–H groups in total. The average molecular weight is 426 g/mol. The molecular formula is C22H43N5O3. The molecule has 8 nitrogen and oxygen atoms in total. The molecule has 1 aliphatic heterocycles. The van der Waals surface area contributed by atoms with E-state index < -0.39 is 0 Å². The van der Waals surface area contributed by atoms with Crippen molar-refractivity contribution in [2.75, 3.05) is 66.6 Å². The van der Waals surface area contributed by atoms with Gasteiger partial charge in [0.05, 0.1) is 19.3 Å². The van der Waals surface area contributed by atoms with E-state index >= 15 is 0 Å². The third-order valence-electron chi connectivity index (χ3n) is 6.70. The zero-order chi connectivity index (χ0) is 22.0. The summed E-state index contributed by atoms with van der Waals surface area (Å²) in [6.45, 7) is 13.0. The predicted octanol–water partition coefficient (Wildman–Crippen LogP) is 1.32. The molecule has 174 valence electrons. The molecule has 0 spiro atoms. The molecule has 0 aromatic heterocycles. The van der Waals surface area contributed by atoms with Gasteiger partial charge in [-0.3, -0.25) is 9.69 Å². The minimum Gasteiger partial charge on any atom is -0.379 e. The fourth-order valence-electron chi connectivity index (χ4n) is 4.52. The second-order valence-corrected chi connectivity index (χ2v) is 8.50. The van der Waals surface area contributed by atoms with Crippen LogP contribution in [0.25, 0.3) is 0 Å². The minimum atomic E-state index is 0.00228. The molecule has 1 aliphatic carbocycles. The fraction of sp³-hybridized carbons (Fsp3) is 0.909. The average Bonchev–Trinajstić information content (AvgIpc) is 2.75. The van der Waals surface area contributed by atoms with Crippen LogP contribution in [-0.4, -0.2) is 100 Å². The van der Waals surface area contributed by atoms with Gasteiger partial charge in [-0.2, -0.15) is 0 Å². The summed E-state index contributed by atoms with van der Waals surface area (Å²) < 4.78 is 11.4. The molecule has 2 fully saturated rings. The van der Waals surface area contributed by atoms with Crippen molar-refractivity contribution < 1.29 is 14.3 Å². The van der Waals surface area contributed by atoms with Gasteiger partial charge in [-0.05, 0) is 39.2 Å². The Kier molecular flexibility index (Phi) is 10.3. The van der Waals surface area contributed by atoms with Gasteiger partial charge in [0.25, 0.3) is 0 Å². The van der Waals surface area contributed by atoms with Crippen molar-refractivity contribution in [2.24, 2.45) is 10.4 Å². The number of likely N-dealkylation sites (N-methyl/N-ethyl adjacent to an activating group) is 1. The monoisotopic (exact) mass is 425 g/mol. The maximum Gasteiger partial charge on any atom is 0.243 e. The van der Waals surface area contributed by atoms with E-state index in [-0.39, 0.29) is 17.9 Å². The van der Waals surface area contributed by atoms with Crippen molar-refractivity contribution in [3.8, 4) is 0 Å². The molecule has 2 atom stereocenters. The number of nitrogens with zero attached hydrogens (tertiary/aromatic N) is 3. The third-order valence-corrected chi connectivity index (χ3v) is 6.70. The number of guanidine groups is 1. The molecule has 1 saturated carbocycles.